The zero-order valence-corrected chi connectivity index (χ0v) is 11.3. The highest BCUT2D eigenvalue weighted by Crippen LogP contribution is 2.12. The molecule has 1 rings (SSSR count). The molecule has 0 heterocycles. The molecule has 0 aliphatic heterocycles. The number of likely N-dealkylation sites (N-methyl/N-ethyl adjacent to an activating group) is 1. The van der Waals surface area contributed by atoms with Gasteiger partial charge >= 0.3 is 5.97 Å². The van der Waals surface area contributed by atoms with Crippen LogP contribution < -0.4 is 5.73 Å². The lowest BCUT2D eigenvalue weighted by molar-refractivity contribution is -0.149. The molecule has 0 radical (unpaired) electrons. The molecule has 4 heteroatoms. The monoisotopic (exact) mass is 250 g/mol. The lowest BCUT2D eigenvalue weighted by Crippen LogP contribution is -2.38. The maximum atomic E-state index is 11.8. The highest BCUT2D eigenvalue weighted by Gasteiger charge is 2.22. The van der Waals surface area contributed by atoms with Crippen LogP contribution in [0.5, 0.6) is 0 Å². The number of ether oxygens (including phenoxy) is 1. The first-order valence-electron chi connectivity index (χ1n) is 6.29. The summed E-state index contributed by atoms with van der Waals surface area (Å²) >= 11 is 0. The number of nitrogens with two attached hydrogens (primary N) is 1. The van der Waals surface area contributed by atoms with Gasteiger partial charge in [0.25, 0.3) is 0 Å². The molecule has 0 aliphatic carbocycles. The number of esters is 1. The molecular formula is C14H22N2O2. The quantitative estimate of drug-likeness (QED) is 0.620. The first-order chi connectivity index (χ1) is 8.58. The lowest BCUT2D eigenvalue weighted by Gasteiger charge is -2.25. The second-order valence-corrected chi connectivity index (χ2v) is 4.33. The largest absolute Gasteiger partial charge is 0.465 e. The maximum absolute atomic E-state index is 11.8. The van der Waals surface area contributed by atoms with Crippen LogP contribution in [0.2, 0.25) is 0 Å². The number of anilines is 1. The van der Waals surface area contributed by atoms with E-state index in [0.717, 1.165) is 17.7 Å². The fraction of sp³-hybridized carbons (Fsp3) is 0.500. The van der Waals surface area contributed by atoms with Gasteiger partial charge in [0.05, 0.1) is 6.61 Å². The van der Waals surface area contributed by atoms with E-state index in [4.69, 9.17) is 10.5 Å². The lowest BCUT2D eigenvalue weighted by atomic mass is 10.1. The standard InChI is InChI=1S/C14H22N2O2/c1-4-13(14(17)18-5-2)16(3)10-11-6-8-12(15)9-7-11/h6-9,13H,4-5,10,15H2,1-3H3. The molecule has 1 aromatic carbocycles. The molecular weight excluding hydrogens is 228 g/mol. The average Bonchev–Trinajstić information content (AvgIpc) is 2.33. The minimum absolute atomic E-state index is 0.155. The fourth-order valence-corrected chi connectivity index (χ4v) is 1.92. The number of nitrogens with zero attached hydrogens (tertiary/aromatic N) is 1. The summed E-state index contributed by atoms with van der Waals surface area (Å²) in [6.45, 7) is 4.94. The summed E-state index contributed by atoms with van der Waals surface area (Å²) in [5.41, 5.74) is 7.53. The average molecular weight is 250 g/mol. The van der Waals surface area contributed by atoms with Crippen molar-refractivity contribution in [1.29, 1.82) is 0 Å². The predicted molar refractivity (Wildman–Crippen MR) is 73.0 cm³/mol. The van der Waals surface area contributed by atoms with E-state index in [1.54, 1.807) is 0 Å². The van der Waals surface area contributed by atoms with E-state index >= 15 is 0 Å². The Morgan fingerprint density at radius 2 is 1.94 bits per heavy atom. The molecule has 0 bridgehead atoms. The van der Waals surface area contributed by atoms with E-state index in [2.05, 4.69) is 0 Å². The Morgan fingerprint density at radius 1 is 1.33 bits per heavy atom. The van der Waals surface area contributed by atoms with Crippen LogP contribution in [0.4, 0.5) is 5.69 Å². The van der Waals surface area contributed by atoms with Crippen LogP contribution in [0, 0.1) is 0 Å². The number of rotatable bonds is 6. The van der Waals surface area contributed by atoms with Crippen LogP contribution in [0.1, 0.15) is 25.8 Å². The molecule has 4 nitrogen and oxygen atoms in total. The van der Waals surface area contributed by atoms with Gasteiger partial charge < -0.3 is 10.5 Å². The van der Waals surface area contributed by atoms with Crippen molar-refractivity contribution in [2.75, 3.05) is 19.4 Å². The Hall–Kier alpha value is -1.55. The molecule has 0 saturated heterocycles. The van der Waals surface area contributed by atoms with Crippen LogP contribution in [-0.4, -0.2) is 30.6 Å². The summed E-state index contributed by atoms with van der Waals surface area (Å²) < 4.78 is 5.07. The van der Waals surface area contributed by atoms with Crippen molar-refractivity contribution in [3.05, 3.63) is 29.8 Å². The number of benzene rings is 1. The molecule has 0 aromatic heterocycles. The normalized spacial score (nSPS) is 12.4. The van der Waals surface area contributed by atoms with E-state index in [-0.39, 0.29) is 12.0 Å². The van der Waals surface area contributed by atoms with Gasteiger partial charge in [0, 0.05) is 12.2 Å². The van der Waals surface area contributed by atoms with Crippen LogP contribution in [0.15, 0.2) is 24.3 Å². The third kappa shape index (κ3) is 4.04. The van der Waals surface area contributed by atoms with Crippen molar-refractivity contribution >= 4 is 11.7 Å². The summed E-state index contributed by atoms with van der Waals surface area (Å²) in [6.07, 6.45) is 0.740. The van der Waals surface area contributed by atoms with Gasteiger partial charge in [-0.15, -0.1) is 0 Å². The zero-order valence-electron chi connectivity index (χ0n) is 11.3. The topological polar surface area (TPSA) is 55.6 Å². The first kappa shape index (κ1) is 14.5. The van der Waals surface area contributed by atoms with Crippen LogP contribution in [0.3, 0.4) is 0 Å². The molecule has 0 aliphatic rings. The number of hydrogen-bond donors (Lipinski definition) is 1. The van der Waals surface area contributed by atoms with Gasteiger partial charge in [-0.25, -0.2) is 0 Å². The second kappa shape index (κ2) is 7.01. The molecule has 2 N–H and O–H groups in total. The minimum atomic E-state index is -0.192. The second-order valence-electron chi connectivity index (χ2n) is 4.33. The van der Waals surface area contributed by atoms with Gasteiger partial charge in [0.2, 0.25) is 0 Å². The Kier molecular flexibility index (Phi) is 5.65. The summed E-state index contributed by atoms with van der Waals surface area (Å²) in [4.78, 5) is 13.8. The van der Waals surface area contributed by atoms with Crippen LogP contribution >= 0.6 is 0 Å². The molecule has 18 heavy (non-hydrogen) atoms. The first-order valence-corrected chi connectivity index (χ1v) is 6.29. The third-order valence-electron chi connectivity index (χ3n) is 2.89. The summed E-state index contributed by atoms with van der Waals surface area (Å²) in [5.74, 6) is -0.155. The highest BCUT2D eigenvalue weighted by atomic mass is 16.5. The van der Waals surface area contributed by atoms with Crippen molar-refractivity contribution in [2.45, 2.75) is 32.9 Å². The summed E-state index contributed by atoms with van der Waals surface area (Å²) in [5, 5.41) is 0. The van der Waals surface area contributed by atoms with Crippen molar-refractivity contribution < 1.29 is 9.53 Å². The number of carbonyl (C=O) groups is 1. The number of hydrogen-bond acceptors (Lipinski definition) is 4. The Labute approximate surface area is 109 Å². The van der Waals surface area contributed by atoms with Gasteiger partial charge in [-0.2, -0.15) is 0 Å². The summed E-state index contributed by atoms with van der Waals surface area (Å²) in [6, 6.07) is 7.50. The van der Waals surface area contributed by atoms with E-state index in [1.165, 1.54) is 0 Å². The molecule has 0 fully saturated rings. The van der Waals surface area contributed by atoms with E-state index in [1.807, 2.05) is 50.1 Å². The molecule has 0 saturated carbocycles. The Balaban J connectivity index is 2.64. The number of nitrogen functional groups attached to an aromatic ring is 1. The smallest absolute Gasteiger partial charge is 0.323 e. The van der Waals surface area contributed by atoms with E-state index in [9.17, 15) is 4.79 Å². The zero-order chi connectivity index (χ0) is 13.5. The van der Waals surface area contributed by atoms with Crippen LogP contribution in [0.25, 0.3) is 0 Å². The minimum Gasteiger partial charge on any atom is -0.465 e. The molecule has 1 aromatic rings. The van der Waals surface area contributed by atoms with Crippen molar-refractivity contribution in [1.82, 2.24) is 4.90 Å². The van der Waals surface area contributed by atoms with Gasteiger partial charge in [-0.1, -0.05) is 19.1 Å². The van der Waals surface area contributed by atoms with Gasteiger partial charge in [-0.05, 0) is 38.1 Å². The third-order valence-corrected chi connectivity index (χ3v) is 2.89. The predicted octanol–water partition coefficient (Wildman–Crippen LogP) is 2.04. The van der Waals surface area contributed by atoms with Gasteiger partial charge in [-0.3, -0.25) is 9.69 Å². The molecule has 0 spiro atoms. The maximum Gasteiger partial charge on any atom is 0.323 e. The summed E-state index contributed by atoms with van der Waals surface area (Å²) in [7, 11) is 1.93. The van der Waals surface area contributed by atoms with E-state index < -0.39 is 0 Å². The van der Waals surface area contributed by atoms with Crippen LogP contribution in [-0.2, 0) is 16.1 Å². The van der Waals surface area contributed by atoms with Crippen molar-refractivity contribution in [3.8, 4) is 0 Å². The van der Waals surface area contributed by atoms with E-state index in [0.29, 0.717) is 13.2 Å². The molecule has 1 atom stereocenters. The molecule has 100 valence electrons. The fourth-order valence-electron chi connectivity index (χ4n) is 1.92. The molecule has 1 unspecified atom stereocenters. The Bertz CT molecular complexity index is 376. The van der Waals surface area contributed by atoms with Gasteiger partial charge in [0.1, 0.15) is 6.04 Å². The SMILES string of the molecule is CCOC(=O)C(CC)N(C)Cc1ccc(N)cc1. The molecule has 0 amide bonds. The Morgan fingerprint density at radius 3 is 2.44 bits per heavy atom. The highest BCUT2D eigenvalue weighted by molar-refractivity contribution is 5.75. The van der Waals surface area contributed by atoms with Gasteiger partial charge in [0.15, 0.2) is 0 Å². The van der Waals surface area contributed by atoms with Crippen molar-refractivity contribution in [2.24, 2.45) is 0 Å². The van der Waals surface area contributed by atoms with Crippen molar-refractivity contribution in [3.63, 3.8) is 0 Å². The number of carbonyl (C=O) groups excluding carboxylic acids is 1.